The second kappa shape index (κ2) is 10.0. The van der Waals surface area contributed by atoms with E-state index in [0.29, 0.717) is 17.5 Å². The second-order valence-corrected chi connectivity index (χ2v) is 10.3. The first-order valence-electron chi connectivity index (χ1n) is 14.0. The number of aromatic nitrogens is 4. The highest BCUT2D eigenvalue weighted by Crippen LogP contribution is 2.33. The van der Waals surface area contributed by atoms with E-state index in [0.717, 1.165) is 44.2 Å². The molecule has 8 aromatic rings. The summed E-state index contributed by atoms with van der Waals surface area (Å²) in [6, 6.07) is 49.9. The Morgan fingerprint density at radius 3 is 1.55 bits per heavy atom. The Balaban J connectivity index is 1.23. The molecular weight excluding hydrogens is 512 g/mol. The van der Waals surface area contributed by atoms with Gasteiger partial charge in [0.05, 0.1) is 11.0 Å². The van der Waals surface area contributed by atoms with Crippen molar-refractivity contribution in [1.29, 1.82) is 0 Å². The monoisotopic (exact) mass is 536 g/mol. The molecule has 0 fully saturated rings. The zero-order valence-electron chi connectivity index (χ0n) is 22.6. The van der Waals surface area contributed by atoms with Crippen LogP contribution in [0, 0.1) is 0 Å². The smallest absolute Gasteiger partial charge is 0.164 e. The Morgan fingerprint density at radius 2 is 0.881 bits per heavy atom. The minimum absolute atomic E-state index is 0.642. The molecule has 2 heterocycles. The zero-order chi connectivity index (χ0) is 27.9. The molecule has 0 saturated carbocycles. The van der Waals surface area contributed by atoms with E-state index >= 15 is 0 Å². The molecule has 0 aliphatic heterocycles. The third-order valence-electron chi connectivity index (χ3n) is 7.70. The normalized spacial score (nSPS) is 11.3. The number of fused-ring (bicyclic) bond motifs is 4. The average Bonchev–Trinajstić information content (AvgIpc) is 3.08. The maximum atomic E-state index is 5.14. The Hall–Kier alpha value is -5.74. The van der Waals surface area contributed by atoms with Crippen LogP contribution in [0.5, 0.6) is 0 Å². The first-order chi connectivity index (χ1) is 20.8. The van der Waals surface area contributed by atoms with Crippen LogP contribution in [0.25, 0.3) is 77.9 Å². The highest BCUT2D eigenvalue weighted by atomic mass is 15.0. The molecule has 4 nitrogen and oxygen atoms in total. The summed E-state index contributed by atoms with van der Waals surface area (Å²) in [4.78, 5) is 19.7. The van der Waals surface area contributed by atoms with Crippen molar-refractivity contribution in [3.63, 3.8) is 0 Å². The molecule has 0 N–H and O–H groups in total. The fraction of sp³-hybridized carbons (Fsp3) is 0. The molecule has 42 heavy (non-hydrogen) atoms. The van der Waals surface area contributed by atoms with Crippen molar-refractivity contribution in [1.82, 2.24) is 19.9 Å². The molecule has 6 aromatic carbocycles. The summed E-state index contributed by atoms with van der Waals surface area (Å²) in [6.07, 6.45) is 0. The van der Waals surface area contributed by atoms with Crippen molar-refractivity contribution in [2.75, 3.05) is 0 Å². The van der Waals surface area contributed by atoms with Crippen LogP contribution in [0.2, 0.25) is 0 Å². The maximum absolute atomic E-state index is 5.14. The fourth-order valence-electron chi connectivity index (χ4n) is 5.58. The van der Waals surface area contributed by atoms with Gasteiger partial charge >= 0.3 is 0 Å². The molecule has 0 spiro atoms. The van der Waals surface area contributed by atoms with Crippen LogP contribution < -0.4 is 0 Å². The number of rotatable bonds is 4. The first-order valence-corrected chi connectivity index (χ1v) is 14.0. The van der Waals surface area contributed by atoms with E-state index in [1.165, 1.54) is 16.2 Å². The molecule has 2 aromatic heterocycles. The molecule has 0 saturated heterocycles. The highest BCUT2D eigenvalue weighted by Gasteiger charge is 2.13. The van der Waals surface area contributed by atoms with Crippen LogP contribution in [0.3, 0.4) is 0 Å². The van der Waals surface area contributed by atoms with Crippen LogP contribution in [0.1, 0.15) is 0 Å². The van der Waals surface area contributed by atoms with E-state index in [4.69, 9.17) is 19.9 Å². The van der Waals surface area contributed by atoms with Crippen molar-refractivity contribution in [3.8, 4) is 45.3 Å². The molecular formula is C38H24N4. The lowest BCUT2D eigenvalue weighted by Crippen LogP contribution is -2.00. The minimum atomic E-state index is 0.642. The van der Waals surface area contributed by atoms with Gasteiger partial charge in [-0.1, -0.05) is 133 Å². The van der Waals surface area contributed by atoms with Crippen molar-refractivity contribution < 1.29 is 0 Å². The van der Waals surface area contributed by atoms with Gasteiger partial charge in [0.15, 0.2) is 17.5 Å². The third kappa shape index (κ3) is 4.27. The molecule has 0 unspecified atom stereocenters. The van der Waals surface area contributed by atoms with Gasteiger partial charge in [0, 0.05) is 33.0 Å². The summed E-state index contributed by atoms with van der Waals surface area (Å²) >= 11 is 0. The predicted octanol–water partition coefficient (Wildman–Crippen LogP) is 9.39. The fourth-order valence-corrected chi connectivity index (χ4v) is 5.58. The molecule has 0 atom stereocenters. The average molecular weight is 537 g/mol. The zero-order valence-corrected chi connectivity index (χ0v) is 22.6. The first kappa shape index (κ1) is 24.1. The minimum Gasteiger partial charge on any atom is -0.247 e. The lowest BCUT2D eigenvalue weighted by atomic mass is 9.98. The molecule has 0 amide bonds. The lowest BCUT2D eigenvalue weighted by Gasteiger charge is -2.11. The van der Waals surface area contributed by atoms with Crippen molar-refractivity contribution in [2.24, 2.45) is 0 Å². The second-order valence-electron chi connectivity index (χ2n) is 10.3. The van der Waals surface area contributed by atoms with E-state index in [2.05, 4.69) is 84.9 Å². The summed E-state index contributed by atoms with van der Waals surface area (Å²) in [5.41, 5.74) is 7.02. The summed E-state index contributed by atoms with van der Waals surface area (Å²) < 4.78 is 0. The molecule has 0 aliphatic rings. The number of hydrogen-bond donors (Lipinski definition) is 0. The molecule has 0 radical (unpaired) electrons. The van der Waals surface area contributed by atoms with Crippen molar-refractivity contribution in [3.05, 3.63) is 146 Å². The van der Waals surface area contributed by atoms with E-state index in [1.54, 1.807) is 0 Å². The van der Waals surface area contributed by atoms with E-state index in [1.807, 2.05) is 60.7 Å². The highest BCUT2D eigenvalue weighted by molar-refractivity contribution is 6.11. The Labute approximate surface area is 243 Å². The van der Waals surface area contributed by atoms with Crippen molar-refractivity contribution >= 4 is 32.6 Å². The van der Waals surface area contributed by atoms with Gasteiger partial charge in [0.1, 0.15) is 0 Å². The van der Waals surface area contributed by atoms with Crippen LogP contribution in [0.4, 0.5) is 0 Å². The Kier molecular flexibility index (Phi) is 5.75. The van der Waals surface area contributed by atoms with Gasteiger partial charge < -0.3 is 0 Å². The van der Waals surface area contributed by atoms with E-state index < -0.39 is 0 Å². The molecule has 0 bridgehead atoms. The van der Waals surface area contributed by atoms with E-state index in [-0.39, 0.29) is 0 Å². The van der Waals surface area contributed by atoms with Gasteiger partial charge in [-0.05, 0) is 28.5 Å². The van der Waals surface area contributed by atoms with Gasteiger partial charge in [-0.3, -0.25) is 0 Å². The Morgan fingerprint density at radius 1 is 0.333 bits per heavy atom. The van der Waals surface area contributed by atoms with Crippen LogP contribution in [0.15, 0.2) is 146 Å². The van der Waals surface area contributed by atoms with Gasteiger partial charge in [-0.2, -0.15) is 0 Å². The summed E-state index contributed by atoms with van der Waals surface area (Å²) in [7, 11) is 0. The molecule has 196 valence electrons. The molecule has 0 aliphatic carbocycles. The molecule has 8 rings (SSSR count). The number of benzene rings is 6. The molecule has 4 heteroatoms. The van der Waals surface area contributed by atoms with Gasteiger partial charge in [-0.25, -0.2) is 19.9 Å². The number of para-hydroxylation sites is 1. The van der Waals surface area contributed by atoms with Gasteiger partial charge in [0.25, 0.3) is 0 Å². The third-order valence-corrected chi connectivity index (χ3v) is 7.70. The Bertz CT molecular complexity index is 2170. The van der Waals surface area contributed by atoms with Crippen molar-refractivity contribution in [2.45, 2.75) is 0 Å². The topological polar surface area (TPSA) is 51.6 Å². The van der Waals surface area contributed by atoms with E-state index in [9.17, 15) is 0 Å². The quantitative estimate of drug-likeness (QED) is 0.166. The van der Waals surface area contributed by atoms with Crippen LogP contribution in [-0.2, 0) is 0 Å². The SMILES string of the molecule is c1ccc(-c2nc(-c3ccccc3)nc(-c3ccc(-c4cccc5cc6c(ccc7ccccc76)nc45)cc3)n2)cc1. The summed E-state index contributed by atoms with van der Waals surface area (Å²) in [5.74, 6) is 1.95. The standard InChI is InChI=1S/C38H24N4/c1-3-11-27(12-4-1)36-40-37(28-13-5-2-6-14-28)42-38(41-36)29-20-18-26(19-21-29)32-17-9-15-30-24-33-31-16-8-7-10-25(31)22-23-34(33)39-35(30)32/h1-24H. The summed E-state index contributed by atoms with van der Waals surface area (Å²) in [6.45, 7) is 0. The number of pyridine rings is 1. The van der Waals surface area contributed by atoms with Crippen LogP contribution >= 0.6 is 0 Å². The van der Waals surface area contributed by atoms with Gasteiger partial charge in [-0.15, -0.1) is 0 Å². The summed E-state index contributed by atoms with van der Waals surface area (Å²) in [5, 5.41) is 4.74. The maximum Gasteiger partial charge on any atom is 0.164 e. The number of nitrogens with zero attached hydrogens (tertiary/aromatic N) is 4. The van der Waals surface area contributed by atoms with Gasteiger partial charge in [0.2, 0.25) is 0 Å². The predicted molar refractivity (Wildman–Crippen MR) is 172 cm³/mol. The lowest BCUT2D eigenvalue weighted by molar-refractivity contribution is 1.07. The van der Waals surface area contributed by atoms with Crippen LogP contribution in [-0.4, -0.2) is 19.9 Å². The largest absolute Gasteiger partial charge is 0.247 e. The number of hydrogen-bond acceptors (Lipinski definition) is 4.